The normalized spacial score (nSPS) is 18.7. The molecule has 1 fully saturated rings. The van der Waals surface area contributed by atoms with Crippen molar-refractivity contribution in [2.24, 2.45) is 11.1 Å². The monoisotopic (exact) mass is 484 g/mol. The van der Waals surface area contributed by atoms with E-state index in [1.807, 2.05) is 0 Å². The van der Waals surface area contributed by atoms with E-state index in [1.165, 1.54) is 12.1 Å². The lowest BCUT2D eigenvalue weighted by atomic mass is 9.84. The van der Waals surface area contributed by atoms with Gasteiger partial charge in [-0.2, -0.15) is 13.2 Å². The molecule has 1 amide bonds. The highest BCUT2D eigenvalue weighted by Gasteiger charge is 2.34. The van der Waals surface area contributed by atoms with Crippen LogP contribution in [-0.4, -0.2) is 29.2 Å². The van der Waals surface area contributed by atoms with Crippen molar-refractivity contribution in [3.8, 4) is 0 Å². The van der Waals surface area contributed by atoms with Gasteiger partial charge in [-0.1, -0.05) is 53.0 Å². The number of nitrogens with zero attached hydrogens (tertiary/aromatic N) is 2. The molecule has 2 aromatic carbocycles. The minimum absolute atomic E-state index is 0.00253. The van der Waals surface area contributed by atoms with Crippen LogP contribution >= 0.6 is 23.2 Å². The van der Waals surface area contributed by atoms with E-state index in [0.29, 0.717) is 34.3 Å². The molecule has 1 heterocycles. The number of rotatable bonds is 6. The third-order valence-electron chi connectivity index (χ3n) is 5.83. The molecule has 1 unspecified atom stereocenters. The van der Waals surface area contributed by atoms with Crippen LogP contribution in [0.25, 0.3) is 0 Å². The van der Waals surface area contributed by atoms with Crippen LogP contribution in [0.1, 0.15) is 42.4 Å². The van der Waals surface area contributed by atoms with E-state index in [4.69, 9.17) is 28.0 Å². The fourth-order valence-electron chi connectivity index (χ4n) is 3.78. The molecule has 0 saturated heterocycles. The summed E-state index contributed by atoms with van der Waals surface area (Å²) in [4.78, 5) is 20.2. The van der Waals surface area contributed by atoms with Gasteiger partial charge < -0.3 is 9.74 Å². The highest BCUT2D eigenvalue weighted by molar-refractivity contribution is 6.42. The molecule has 1 saturated carbocycles. The zero-order valence-corrected chi connectivity index (χ0v) is 18.6. The number of amides is 1. The summed E-state index contributed by atoms with van der Waals surface area (Å²) < 4.78 is 38.6. The Morgan fingerprint density at radius 1 is 1.09 bits per heavy atom. The largest absolute Gasteiger partial charge is 0.416 e. The second-order valence-electron chi connectivity index (χ2n) is 8.14. The number of alkyl halides is 3. The van der Waals surface area contributed by atoms with Crippen molar-refractivity contribution < 1.29 is 22.8 Å². The molecule has 0 radical (unpaired) electrons. The molecular formula is C23H21Cl2F3N2O2. The predicted molar refractivity (Wildman–Crippen MR) is 117 cm³/mol. The zero-order valence-electron chi connectivity index (χ0n) is 17.0. The molecule has 0 spiro atoms. The van der Waals surface area contributed by atoms with Crippen molar-refractivity contribution in [2.75, 3.05) is 6.54 Å². The molecule has 2 aliphatic rings. The van der Waals surface area contributed by atoms with E-state index in [0.717, 1.165) is 37.0 Å². The van der Waals surface area contributed by atoms with Gasteiger partial charge >= 0.3 is 6.18 Å². The number of halogens is 5. The second kappa shape index (κ2) is 9.32. The van der Waals surface area contributed by atoms with Gasteiger partial charge in [-0.3, -0.25) is 4.79 Å². The summed E-state index contributed by atoms with van der Waals surface area (Å²) in [5, 5.41) is 5.01. The number of carbonyl (C=O) groups excluding carboxylic acids is 1. The molecule has 0 N–H and O–H groups in total. The van der Waals surface area contributed by atoms with Crippen molar-refractivity contribution in [3.63, 3.8) is 0 Å². The van der Waals surface area contributed by atoms with Crippen LogP contribution in [0.2, 0.25) is 10.0 Å². The number of benzene rings is 2. The molecule has 2 aromatic rings. The molecule has 0 bridgehead atoms. The second-order valence-corrected chi connectivity index (χ2v) is 8.95. The van der Waals surface area contributed by atoms with E-state index in [1.54, 1.807) is 23.1 Å². The minimum Gasteiger partial charge on any atom is -0.390 e. The summed E-state index contributed by atoms with van der Waals surface area (Å²) in [5.41, 5.74) is 1.42. The number of carbonyl (C=O) groups is 1. The Morgan fingerprint density at radius 3 is 2.41 bits per heavy atom. The fraction of sp³-hybridized carbons (Fsp3) is 0.391. The van der Waals surface area contributed by atoms with Gasteiger partial charge in [-0.15, -0.1) is 0 Å². The van der Waals surface area contributed by atoms with Gasteiger partial charge in [0.15, 0.2) is 6.10 Å². The van der Waals surface area contributed by atoms with Gasteiger partial charge in [0.05, 0.1) is 27.9 Å². The van der Waals surface area contributed by atoms with E-state index < -0.39 is 11.7 Å². The highest BCUT2D eigenvalue weighted by Crippen LogP contribution is 2.32. The Kier molecular flexibility index (Phi) is 6.67. The smallest absolute Gasteiger partial charge is 0.390 e. The van der Waals surface area contributed by atoms with Crippen molar-refractivity contribution in [3.05, 3.63) is 69.2 Å². The molecule has 0 aromatic heterocycles. The Labute approximate surface area is 193 Å². The lowest BCUT2D eigenvalue weighted by Crippen LogP contribution is -2.42. The molecule has 9 heteroatoms. The molecule has 32 heavy (non-hydrogen) atoms. The number of hydrogen-bond donors (Lipinski definition) is 0. The maximum atomic E-state index is 13.0. The Hall–Kier alpha value is -2.25. The summed E-state index contributed by atoms with van der Waals surface area (Å²) in [6.45, 7) is 0.514. The third kappa shape index (κ3) is 5.21. The summed E-state index contributed by atoms with van der Waals surface area (Å²) in [7, 11) is 0. The van der Waals surface area contributed by atoms with E-state index in [-0.39, 0.29) is 24.5 Å². The molecule has 1 aliphatic carbocycles. The Balaban J connectivity index is 1.44. The molecule has 1 aliphatic heterocycles. The first-order valence-corrected chi connectivity index (χ1v) is 11.1. The SMILES string of the molecule is O=C(C1CCC1)N(Cc1ccc(C(F)(F)F)cc1)CC1CC(c2ccc(Cl)c(Cl)c2)=NO1. The molecule has 1 atom stereocenters. The van der Waals surface area contributed by atoms with E-state index in [2.05, 4.69) is 5.16 Å². The van der Waals surface area contributed by atoms with Crippen LogP contribution < -0.4 is 0 Å². The highest BCUT2D eigenvalue weighted by atomic mass is 35.5. The summed E-state index contributed by atoms with van der Waals surface area (Å²) in [6.07, 6.45) is -1.58. The first-order valence-electron chi connectivity index (χ1n) is 10.3. The van der Waals surface area contributed by atoms with Crippen molar-refractivity contribution >= 4 is 34.8 Å². The van der Waals surface area contributed by atoms with Crippen LogP contribution in [0.3, 0.4) is 0 Å². The summed E-state index contributed by atoms with van der Waals surface area (Å²) in [5.74, 6) is -0.0379. The Morgan fingerprint density at radius 2 is 1.81 bits per heavy atom. The first-order chi connectivity index (χ1) is 15.2. The topological polar surface area (TPSA) is 41.9 Å². The van der Waals surface area contributed by atoms with Crippen LogP contribution in [-0.2, 0) is 22.4 Å². The third-order valence-corrected chi connectivity index (χ3v) is 6.57. The van der Waals surface area contributed by atoms with Crippen molar-refractivity contribution in [1.82, 2.24) is 4.90 Å². The lowest BCUT2D eigenvalue weighted by Gasteiger charge is -2.32. The van der Waals surface area contributed by atoms with Crippen molar-refractivity contribution in [1.29, 1.82) is 0 Å². The average Bonchev–Trinajstić information content (AvgIpc) is 3.16. The van der Waals surface area contributed by atoms with Crippen LogP contribution in [0, 0.1) is 5.92 Å². The molecular weight excluding hydrogens is 464 g/mol. The van der Waals surface area contributed by atoms with Crippen molar-refractivity contribution in [2.45, 2.75) is 44.5 Å². The number of oxime groups is 1. The van der Waals surface area contributed by atoms with Gasteiger partial charge in [-0.05, 0) is 42.7 Å². The lowest BCUT2D eigenvalue weighted by molar-refractivity contribution is -0.141. The molecule has 4 nitrogen and oxygen atoms in total. The quantitative estimate of drug-likeness (QED) is 0.480. The van der Waals surface area contributed by atoms with Gasteiger partial charge in [0.25, 0.3) is 0 Å². The maximum absolute atomic E-state index is 13.0. The first kappa shape index (κ1) is 22.9. The van der Waals surface area contributed by atoms with E-state index >= 15 is 0 Å². The van der Waals surface area contributed by atoms with Gasteiger partial charge in [0, 0.05) is 24.4 Å². The minimum atomic E-state index is -4.39. The van der Waals surface area contributed by atoms with Crippen LogP contribution in [0.15, 0.2) is 47.6 Å². The maximum Gasteiger partial charge on any atom is 0.416 e. The van der Waals surface area contributed by atoms with Gasteiger partial charge in [-0.25, -0.2) is 0 Å². The average molecular weight is 485 g/mol. The van der Waals surface area contributed by atoms with Gasteiger partial charge in [0.2, 0.25) is 5.91 Å². The predicted octanol–water partition coefficient (Wildman–Crippen LogP) is 6.33. The zero-order chi connectivity index (χ0) is 22.9. The van der Waals surface area contributed by atoms with Gasteiger partial charge in [0.1, 0.15) is 0 Å². The molecule has 4 rings (SSSR count). The summed E-state index contributed by atoms with van der Waals surface area (Å²) >= 11 is 12.1. The Bertz CT molecular complexity index is 1020. The van der Waals surface area contributed by atoms with Crippen LogP contribution in [0.4, 0.5) is 13.2 Å². The van der Waals surface area contributed by atoms with Crippen LogP contribution in [0.5, 0.6) is 0 Å². The number of hydrogen-bond acceptors (Lipinski definition) is 3. The van der Waals surface area contributed by atoms with E-state index in [9.17, 15) is 18.0 Å². The fourth-order valence-corrected chi connectivity index (χ4v) is 4.08. The molecule has 170 valence electrons. The summed E-state index contributed by atoms with van der Waals surface area (Å²) in [6, 6.07) is 10.1. The standard InChI is InChI=1S/C23H21Cl2F3N2O2/c24-19-9-6-16(10-20(19)25)21-11-18(32-29-21)13-30(22(31)15-2-1-3-15)12-14-4-7-17(8-5-14)23(26,27)28/h4-10,15,18H,1-3,11-13H2.